The molecule has 0 unspecified atom stereocenters. The van der Waals surface area contributed by atoms with E-state index in [1.54, 1.807) is 41.7 Å². The van der Waals surface area contributed by atoms with Gasteiger partial charge < -0.3 is 24.6 Å². The van der Waals surface area contributed by atoms with E-state index in [9.17, 15) is 19.8 Å². The zero-order valence-electron chi connectivity index (χ0n) is 29.0. The van der Waals surface area contributed by atoms with Gasteiger partial charge in [0.1, 0.15) is 12.6 Å². The summed E-state index contributed by atoms with van der Waals surface area (Å²) in [5.41, 5.74) is -4.03. The molecule has 0 radical (unpaired) electrons. The summed E-state index contributed by atoms with van der Waals surface area (Å²) in [7, 11) is 1.57. The maximum absolute atomic E-state index is 15.8. The van der Waals surface area contributed by atoms with Crippen LogP contribution in [0.15, 0.2) is 0 Å². The largest absolute Gasteiger partial charge is 0.461 e. The minimum Gasteiger partial charge on any atom is -0.461 e. The lowest BCUT2D eigenvalue weighted by molar-refractivity contribution is -0.252. The molecular formula is C36H57F2NO6. The first kappa shape index (κ1) is 33.6. The van der Waals surface area contributed by atoms with Gasteiger partial charge in [-0.2, -0.15) is 0 Å². The highest BCUT2D eigenvalue weighted by molar-refractivity contribution is 5.81. The molecule has 1 amide bonds. The number of hydrogen-bond donors (Lipinski definition) is 2. The molecule has 2 N–H and O–H groups in total. The lowest BCUT2D eigenvalue weighted by atomic mass is 9.41. The van der Waals surface area contributed by atoms with Crippen molar-refractivity contribution in [2.24, 2.45) is 44.8 Å². The van der Waals surface area contributed by atoms with Crippen molar-refractivity contribution in [2.45, 2.75) is 155 Å². The number of ether oxygens (including phenoxy) is 2. The van der Waals surface area contributed by atoms with E-state index < -0.39 is 46.6 Å². The number of nitrogens with zero attached hydrogens (tertiary/aromatic N) is 1. The maximum atomic E-state index is 15.8. The predicted molar refractivity (Wildman–Crippen MR) is 165 cm³/mol. The van der Waals surface area contributed by atoms with E-state index in [0.717, 1.165) is 32.1 Å². The van der Waals surface area contributed by atoms with Crippen molar-refractivity contribution in [3.63, 3.8) is 0 Å². The third-order valence-corrected chi connectivity index (χ3v) is 15.2. The number of alkyl halides is 2. The fourth-order valence-electron chi connectivity index (χ4n) is 12.9. The lowest BCUT2D eigenvalue weighted by Crippen LogP contribution is -2.64. The lowest BCUT2D eigenvalue weighted by Gasteiger charge is -2.65. The Bertz CT molecular complexity index is 1250. The Labute approximate surface area is 268 Å². The van der Waals surface area contributed by atoms with Gasteiger partial charge in [0.25, 0.3) is 5.92 Å². The van der Waals surface area contributed by atoms with E-state index in [2.05, 4.69) is 20.8 Å². The van der Waals surface area contributed by atoms with Crippen LogP contribution >= 0.6 is 0 Å². The quantitative estimate of drug-likeness (QED) is 0.340. The van der Waals surface area contributed by atoms with Gasteiger partial charge in [0, 0.05) is 37.1 Å². The van der Waals surface area contributed by atoms with Crippen LogP contribution in [0.1, 0.15) is 120 Å². The molecule has 0 aromatic heterocycles. The molecule has 0 bridgehead atoms. The Morgan fingerprint density at radius 1 is 0.978 bits per heavy atom. The number of carbonyl (C=O) groups excluding carboxylic acids is 2. The van der Waals surface area contributed by atoms with Crippen molar-refractivity contribution < 1.29 is 38.1 Å². The second-order valence-electron chi connectivity index (χ2n) is 18.0. The first-order valence-electron chi connectivity index (χ1n) is 17.4. The van der Waals surface area contributed by atoms with E-state index in [0.29, 0.717) is 19.3 Å². The minimum atomic E-state index is -2.88. The number of halogens is 2. The third-order valence-electron chi connectivity index (χ3n) is 15.2. The normalized spacial score (nSPS) is 49.3. The average Bonchev–Trinajstić information content (AvgIpc) is 3.29. The highest BCUT2D eigenvalue weighted by Crippen LogP contribution is 2.90. The van der Waals surface area contributed by atoms with Gasteiger partial charge in [0.05, 0.1) is 23.4 Å². The standard InChI is InChI=1S/C36H57F2NO6/c1-10-25(41)39(9)19-26(42)44-22-17-23-32(7)18-21(40)27(33(8)12-11-24(45-33)30(4,5)43)31(32,6)13-14-34(23)20-35(34)15-16-36(37,38)29(2,3)28(22)35/h21-24,27-28,40,43H,10-20H2,1-9H3/t21-,22-,23-,24-,27-,28-,31+,32-,33-,34-,35+/m0/s1. The van der Waals surface area contributed by atoms with Gasteiger partial charge >= 0.3 is 5.97 Å². The molecule has 2 spiro atoms. The number of likely N-dealkylation sites (N-methyl/N-ethyl adjacent to an activating group) is 1. The first-order chi connectivity index (χ1) is 20.6. The van der Waals surface area contributed by atoms with Crippen molar-refractivity contribution in [3.8, 4) is 0 Å². The summed E-state index contributed by atoms with van der Waals surface area (Å²) < 4.78 is 44.5. The number of amides is 1. The molecule has 5 saturated carbocycles. The maximum Gasteiger partial charge on any atom is 0.325 e. The Hall–Kier alpha value is -1.32. The Morgan fingerprint density at radius 3 is 2.22 bits per heavy atom. The molecule has 6 rings (SSSR count). The Morgan fingerprint density at radius 2 is 1.62 bits per heavy atom. The van der Waals surface area contributed by atoms with E-state index in [1.165, 1.54) is 4.90 Å². The number of fused-ring (bicyclic) bond motifs is 2. The van der Waals surface area contributed by atoms with Crippen LogP contribution < -0.4 is 0 Å². The second kappa shape index (κ2) is 9.87. The van der Waals surface area contributed by atoms with E-state index in [4.69, 9.17) is 9.47 Å². The van der Waals surface area contributed by atoms with E-state index in [1.807, 2.05) is 0 Å². The molecule has 0 aromatic carbocycles. The van der Waals surface area contributed by atoms with Gasteiger partial charge in [-0.1, -0.05) is 34.6 Å². The molecule has 9 heteroatoms. The summed E-state index contributed by atoms with van der Waals surface area (Å²) in [5.74, 6) is -4.14. The molecule has 6 fully saturated rings. The van der Waals surface area contributed by atoms with E-state index >= 15 is 8.78 Å². The summed E-state index contributed by atoms with van der Waals surface area (Å²) in [6, 6.07) is 0. The number of carbonyl (C=O) groups is 2. The van der Waals surface area contributed by atoms with Crippen LogP contribution in [0.5, 0.6) is 0 Å². The van der Waals surface area contributed by atoms with E-state index in [-0.39, 0.29) is 64.9 Å². The Kier molecular flexibility index (Phi) is 7.36. The van der Waals surface area contributed by atoms with Crippen LogP contribution in [0.25, 0.3) is 0 Å². The second-order valence-corrected chi connectivity index (χ2v) is 18.0. The summed E-state index contributed by atoms with van der Waals surface area (Å²) in [6.45, 7) is 15.1. The third kappa shape index (κ3) is 4.33. The van der Waals surface area contributed by atoms with Gasteiger partial charge in [-0.25, -0.2) is 8.78 Å². The van der Waals surface area contributed by atoms with Gasteiger partial charge in [-0.3, -0.25) is 9.59 Å². The molecule has 45 heavy (non-hydrogen) atoms. The van der Waals surface area contributed by atoms with Gasteiger partial charge in [0.2, 0.25) is 5.91 Å². The molecule has 5 aliphatic carbocycles. The minimum absolute atomic E-state index is 0.0880. The fourth-order valence-corrected chi connectivity index (χ4v) is 12.9. The molecule has 0 aromatic rings. The highest BCUT2D eigenvalue weighted by Gasteiger charge is 2.86. The molecular weight excluding hydrogens is 580 g/mol. The fraction of sp³-hybridized carbons (Fsp3) is 0.944. The molecule has 7 nitrogen and oxygen atoms in total. The van der Waals surface area contributed by atoms with Crippen molar-refractivity contribution in [1.29, 1.82) is 0 Å². The SMILES string of the molecule is CCC(=O)N(C)CC(=O)O[C@H]1C[C@@H]2[C@]3(CC[C@]4(C)[C@@H]([C@]5(C)CC[C@@H](C(C)(C)O)O5)[C@@H](O)C[C@@]24C)C[C@@]32CCC(F)(F)C(C)(C)[C@H]12. The van der Waals surface area contributed by atoms with Crippen molar-refractivity contribution in [2.75, 3.05) is 13.6 Å². The Balaban J connectivity index is 1.37. The van der Waals surface area contributed by atoms with Gasteiger partial charge in [-0.15, -0.1) is 0 Å². The number of hydrogen-bond acceptors (Lipinski definition) is 6. The molecule has 11 atom stereocenters. The van der Waals surface area contributed by atoms with Crippen LogP contribution in [-0.4, -0.2) is 76.0 Å². The molecule has 1 saturated heterocycles. The van der Waals surface area contributed by atoms with Crippen LogP contribution in [0.3, 0.4) is 0 Å². The zero-order chi connectivity index (χ0) is 33.4. The zero-order valence-corrected chi connectivity index (χ0v) is 29.0. The topological polar surface area (TPSA) is 96.3 Å². The van der Waals surface area contributed by atoms with Crippen LogP contribution in [-0.2, 0) is 19.1 Å². The number of aliphatic hydroxyl groups excluding tert-OH is 1. The van der Waals surface area contributed by atoms with Crippen LogP contribution in [0, 0.1) is 44.8 Å². The first-order valence-corrected chi connectivity index (χ1v) is 17.4. The summed E-state index contributed by atoms with van der Waals surface area (Å²) in [6.07, 6.45) is 4.11. The van der Waals surface area contributed by atoms with Crippen molar-refractivity contribution in [1.82, 2.24) is 4.90 Å². The number of aliphatic hydroxyl groups is 2. The monoisotopic (exact) mass is 637 g/mol. The molecule has 1 heterocycles. The molecule has 6 aliphatic rings. The van der Waals surface area contributed by atoms with Crippen LogP contribution in [0.4, 0.5) is 8.78 Å². The molecule has 1 aliphatic heterocycles. The number of rotatable bonds is 6. The smallest absolute Gasteiger partial charge is 0.325 e. The summed E-state index contributed by atoms with van der Waals surface area (Å²) >= 11 is 0. The average molecular weight is 638 g/mol. The number of esters is 1. The predicted octanol–water partition coefficient (Wildman–Crippen LogP) is 6.13. The summed E-state index contributed by atoms with van der Waals surface area (Å²) in [5, 5.41) is 22.7. The van der Waals surface area contributed by atoms with Gasteiger partial charge in [0.15, 0.2) is 0 Å². The highest BCUT2D eigenvalue weighted by atomic mass is 19.3. The molecule has 256 valence electrons. The van der Waals surface area contributed by atoms with Crippen LogP contribution in [0.2, 0.25) is 0 Å². The van der Waals surface area contributed by atoms with Crippen molar-refractivity contribution in [3.05, 3.63) is 0 Å². The van der Waals surface area contributed by atoms with Gasteiger partial charge in [-0.05, 0) is 99.7 Å². The van der Waals surface area contributed by atoms with Crippen molar-refractivity contribution >= 4 is 11.9 Å². The summed E-state index contributed by atoms with van der Waals surface area (Å²) in [4.78, 5) is 27.0.